The van der Waals surface area contributed by atoms with Gasteiger partial charge in [0.1, 0.15) is 11.5 Å². The van der Waals surface area contributed by atoms with E-state index in [1.165, 1.54) is 29.2 Å². The predicted molar refractivity (Wildman–Crippen MR) is 117 cm³/mol. The Hall–Kier alpha value is -3.73. The number of halogens is 1. The van der Waals surface area contributed by atoms with E-state index in [2.05, 4.69) is 5.32 Å². The van der Waals surface area contributed by atoms with Crippen LogP contribution in [0.15, 0.2) is 72.4 Å². The zero-order valence-corrected chi connectivity index (χ0v) is 17.0. The molecule has 1 N–H and O–H groups in total. The van der Waals surface area contributed by atoms with Crippen LogP contribution in [0.5, 0.6) is 0 Å². The molecule has 0 radical (unpaired) electrons. The van der Waals surface area contributed by atoms with Gasteiger partial charge in [-0.25, -0.2) is 9.29 Å². The molecule has 150 valence electrons. The zero-order valence-electron chi connectivity index (χ0n) is 17.0. The third kappa shape index (κ3) is 3.39. The maximum absolute atomic E-state index is 13.5. The van der Waals surface area contributed by atoms with E-state index in [1.54, 1.807) is 0 Å². The van der Waals surface area contributed by atoms with Crippen molar-refractivity contribution in [1.82, 2.24) is 0 Å². The van der Waals surface area contributed by atoms with Gasteiger partial charge in [0, 0.05) is 5.69 Å². The van der Waals surface area contributed by atoms with Crippen LogP contribution in [-0.2, 0) is 9.59 Å². The zero-order chi connectivity index (χ0) is 21.4. The summed E-state index contributed by atoms with van der Waals surface area (Å²) in [4.78, 5) is 28.1. The van der Waals surface area contributed by atoms with Gasteiger partial charge in [-0.3, -0.25) is 9.59 Å². The van der Waals surface area contributed by atoms with Gasteiger partial charge in [0.25, 0.3) is 11.8 Å². The molecule has 1 heterocycles. The highest BCUT2D eigenvalue weighted by Crippen LogP contribution is 2.35. The summed E-state index contributed by atoms with van der Waals surface area (Å²) >= 11 is 0. The first-order chi connectivity index (χ1) is 14.4. The molecule has 4 rings (SSSR count). The first-order valence-electron chi connectivity index (χ1n) is 9.65. The maximum atomic E-state index is 13.5. The number of hydrogen-bond donors (Lipinski definition) is 1. The third-order valence-corrected chi connectivity index (χ3v) is 5.23. The van der Waals surface area contributed by atoms with E-state index in [9.17, 15) is 14.0 Å². The molecule has 0 saturated heterocycles. The molecule has 0 unspecified atom stereocenters. The molecule has 1 aliphatic rings. The summed E-state index contributed by atoms with van der Waals surface area (Å²) in [7, 11) is 0. The lowest BCUT2D eigenvalue weighted by Crippen LogP contribution is -2.33. The number of nitrogens with one attached hydrogen (secondary N) is 1. The molecule has 3 aromatic carbocycles. The Morgan fingerprint density at radius 3 is 2.20 bits per heavy atom. The standard InChI is InChI=1S/C25H21FN2O2/c1-15-8-9-17(3)21(14-15)28-24(29)22(18-10-12-19(26)13-11-18)23(25(28)30)27-20-7-5-4-6-16(20)2/h4-14,27H,1-3H3. The summed E-state index contributed by atoms with van der Waals surface area (Å²) in [5, 5.41) is 3.16. The molecule has 1 aliphatic heterocycles. The summed E-state index contributed by atoms with van der Waals surface area (Å²) < 4.78 is 13.5. The van der Waals surface area contributed by atoms with Crippen molar-refractivity contribution in [2.45, 2.75) is 20.8 Å². The number of benzene rings is 3. The van der Waals surface area contributed by atoms with Crippen LogP contribution in [-0.4, -0.2) is 11.8 Å². The van der Waals surface area contributed by atoms with Crippen LogP contribution in [0.3, 0.4) is 0 Å². The second-order valence-corrected chi connectivity index (χ2v) is 7.43. The van der Waals surface area contributed by atoms with Crippen LogP contribution in [0.1, 0.15) is 22.3 Å². The highest BCUT2D eigenvalue weighted by molar-refractivity contribution is 6.46. The van der Waals surface area contributed by atoms with E-state index >= 15 is 0 Å². The monoisotopic (exact) mass is 400 g/mol. The van der Waals surface area contributed by atoms with Crippen molar-refractivity contribution in [3.63, 3.8) is 0 Å². The lowest BCUT2D eigenvalue weighted by atomic mass is 10.0. The minimum atomic E-state index is -0.434. The Labute approximate surface area is 174 Å². The molecule has 0 spiro atoms. The number of carbonyl (C=O) groups excluding carboxylic acids is 2. The van der Waals surface area contributed by atoms with Crippen molar-refractivity contribution in [3.05, 3.63) is 100 Å². The largest absolute Gasteiger partial charge is 0.350 e. The predicted octanol–water partition coefficient (Wildman–Crippen LogP) is 5.15. The highest BCUT2D eigenvalue weighted by Gasteiger charge is 2.41. The Bertz CT molecular complexity index is 1200. The summed E-state index contributed by atoms with van der Waals surface area (Å²) in [6, 6.07) is 18.8. The first-order valence-corrected chi connectivity index (χ1v) is 9.65. The third-order valence-electron chi connectivity index (χ3n) is 5.23. The van der Waals surface area contributed by atoms with Crippen LogP contribution in [0, 0.1) is 26.6 Å². The number of aryl methyl sites for hydroxylation is 3. The van der Waals surface area contributed by atoms with E-state index < -0.39 is 17.6 Å². The number of amides is 2. The fourth-order valence-electron chi connectivity index (χ4n) is 3.56. The minimum Gasteiger partial charge on any atom is -0.350 e. The Morgan fingerprint density at radius 1 is 0.800 bits per heavy atom. The number of anilines is 2. The average molecular weight is 400 g/mol. The first kappa shape index (κ1) is 19.6. The van der Waals surface area contributed by atoms with Gasteiger partial charge in [-0.15, -0.1) is 0 Å². The van der Waals surface area contributed by atoms with Crippen molar-refractivity contribution in [1.29, 1.82) is 0 Å². The number of para-hydroxylation sites is 1. The fraction of sp³-hybridized carbons (Fsp3) is 0.120. The van der Waals surface area contributed by atoms with E-state index in [-0.39, 0.29) is 11.3 Å². The molecule has 0 saturated carbocycles. The summed E-state index contributed by atoms with van der Waals surface area (Å²) in [6.07, 6.45) is 0. The van der Waals surface area contributed by atoms with Crippen molar-refractivity contribution in [2.24, 2.45) is 0 Å². The van der Waals surface area contributed by atoms with Crippen molar-refractivity contribution < 1.29 is 14.0 Å². The van der Waals surface area contributed by atoms with Crippen LogP contribution in [0.25, 0.3) is 5.57 Å². The lowest BCUT2D eigenvalue weighted by Gasteiger charge is -2.18. The smallest absolute Gasteiger partial charge is 0.282 e. The topological polar surface area (TPSA) is 49.4 Å². The number of hydrogen-bond acceptors (Lipinski definition) is 3. The molecule has 3 aromatic rings. The molecular formula is C25H21FN2O2. The van der Waals surface area contributed by atoms with Gasteiger partial charge in [0.05, 0.1) is 11.3 Å². The summed E-state index contributed by atoms with van der Waals surface area (Å²) in [5.41, 5.74) is 4.87. The molecule has 0 aromatic heterocycles. The second-order valence-electron chi connectivity index (χ2n) is 7.43. The molecular weight excluding hydrogens is 379 g/mol. The molecule has 30 heavy (non-hydrogen) atoms. The van der Waals surface area contributed by atoms with E-state index in [0.29, 0.717) is 11.3 Å². The van der Waals surface area contributed by atoms with E-state index in [0.717, 1.165) is 22.4 Å². The second kappa shape index (κ2) is 7.59. The molecule has 5 heteroatoms. The Kier molecular flexibility index (Phi) is 4.96. The quantitative estimate of drug-likeness (QED) is 0.617. The van der Waals surface area contributed by atoms with Gasteiger partial charge in [-0.2, -0.15) is 0 Å². The molecule has 0 atom stereocenters. The normalized spacial score (nSPS) is 13.9. The summed E-state index contributed by atoms with van der Waals surface area (Å²) in [5.74, 6) is -1.27. The van der Waals surface area contributed by atoms with Gasteiger partial charge in [0.15, 0.2) is 0 Å². The highest BCUT2D eigenvalue weighted by atomic mass is 19.1. The van der Waals surface area contributed by atoms with Gasteiger partial charge < -0.3 is 5.32 Å². The fourth-order valence-corrected chi connectivity index (χ4v) is 3.56. The van der Waals surface area contributed by atoms with Crippen LogP contribution in [0.4, 0.5) is 15.8 Å². The molecule has 0 fully saturated rings. The minimum absolute atomic E-state index is 0.182. The van der Waals surface area contributed by atoms with Crippen LogP contribution in [0.2, 0.25) is 0 Å². The van der Waals surface area contributed by atoms with Gasteiger partial charge in [-0.1, -0.05) is 42.5 Å². The summed E-state index contributed by atoms with van der Waals surface area (Å²) in [6.45, 7) is 5.69. The number of imide groups is 1. The number of carbonyl (C=O) groups is 2. The molecule has 2 amide bonds. The van der Waals surface area contributed by atoms with Gasteiger partial charge in [0.2, 0.25) is 0 Å². The van der Waals surface area contributed by atoms with Crippen molar-refractivity contribution in [3.8, 4) is 0 Å². The van der Waals surface area contributed by atoms with Gasteiger partial charge >= 0.3 is 0 Å². The lowest BCUT2D eigenvalue weighted by molar-refractivity contribution is -0.120. The van der Waals surface area contributed by atoms with Crippen molar-refractivity contribution in [2.75, 3.05) is 10.2 Å². The Balaban J connectivity index is 1.87. The molecule has 4 nitrogen and oxygen atoms in total. The average Bonchev–Trinajstić information content (AvgIpc) is 2.96. The van der Waals surface area contributed by atoms with E-state index in [1.807, 2.05) is 63.2 Å². The Morgan fingerprint density at radius 2 is 1.50 bits per heavy atom. The van der Waals surface area contributed by atoms with Crippen molar-refractivity contribution >= 4 is 28.8 Å². The SMILES string of the molecule is Cc1ccc(C)c(N2C(=O)C(Nc3ccccc3C)=C(c3ccc(F)cc3)C2=O)c1. The molecule has 0 aliphatic carbocycles. The van der Waals surface area contributed by atoms with Crippen LogP contribution >= 0.6 is 0 Å². The van der Waals surface area contributed by atoms with Gasteiger partial charge in [-0.05, 0) is 67.3 Å². The number of rotatable bonds is 4. The van der Waals surface area contributed by atoms with E-state index in [4.69, 9.17) is 0 Å². The van der Waals surface area contributed by atoms with Crippen LogP contribution < -0.4 is 10.2 Å². The molecule has 0 bridgehead atoms. The number of nitrogens with zero attached hydrogens (tertiary/aromatic N) is 1. The maximum Gasteiger partial charge on any atom is 0.282 e.